The van der Waals surface area contributed by atoms with Crippen molar-refractivity contribution < 1.29 is 9.84 Å². The first-order chi connectivity index (χ1) is 8.04. The lowest BCUT2D eigenvalue weighted by molar-refractivity contribution is -0.0109. The van der Waals surface area contributed by atoms with Crippen LogP contribution >= 0.6 is 0 Å². The summed E-state index contributed by atoms with van der Waals surface area (Å²) in [6.45, 7) is 1.51. The van der Waals surface area contributed by atoms with Crippen molar-refractivity contribution in [1.82, 2.24) is 9.13 Å². The Hall–Kier alpha value is -1.66. The molecule has 2 heterocycles. The molecule has 92 valence electrons. The van der Waals surface area contributed by atoms with E-state index in [0.29, 0.717) is 5.56 Å². The van der Waals surface area contributed by atoms with Crippen molar-refractivity contribution in [2.24, 2.45) is 7.05 Å². The summed E-state index contributed by atoms with van der Waals surface area (Å²) in [5.74, 6) is 0. The SMILES string of the molecule is Cc1cn([C@H]2C=CC(CO)O2)c(=O)n(C)c1=O. The topological polar surface area (TPSA) is 73.5 Å². The first kappa shape index (κ1) is 11.8. The van der Waals surface area contributed by atoms with Crippen molar-refractivity contribution in [3.8, 4) is 0 Å². The van der Waals surface area contributed by atoms with Gasteiger partial charge in [-0.1, -0.05) is 6.08 Å². The summed E-state index contributed by atoms with van der Waals surface area (Å²) >= 11 is 0. The van der Waals surface area contributed by atoms with Crippen LogP contribution < -0.4 is 11.2 Å². The second-order valence-electron chi connectivity index (χ2n) is 4.00. The third-order valence-corrected chi connectivity index (χ3v) is 2.74. The van der Waals surface area contributed by atoms with Crippen molar-refractivity contribution in [3.05, 3.63) is 44.8 Å². The summed E-state index contributed by atoms with van der Waals surface area (Å²) in [7, 11) is 1.43. The van der Waals surface area contributed by atoms with Gasteiger partial charge in [-0.3, -0.25) is 13.9 Å². The van der Waals surface area contributed by atoms with Crippen LogP contribution in [-0.2, 0) is 11.8 Å². The zero-order valence-electron chi connectivity index (χ0n) is 9.66. The monoisotopic (exact) mass is 238 g/mol. The van der Waals surface area contributed by atoms with Crippen LogP contribution in [0.15, 0.2) is 27.9 Å². The second-order valence-corrected chi connectivity index (χ2v) is 4.00. The summed E-state index contributed by atoms with van der Waals surface area (Å²) in [4.78, 5) is 23.4. The zero-order valence-corrected chi connectivity index (χ0v) is 9.66. The molecular formula is C11H14N2O4. The van der Waals surface area contributed by atoms with E-state index in [9.17, 15) is 9.59 Å². The van der Waals surface area contributed by atoms with E-state index in [1.54, 1.807) is 19.1 Å². The van der Waals surface area contributed by atoms with Gasteiger partial charge in [0.15, 0.2) is 6.23 Å². The van der Waals surface area contributed by atoms with E-state index in [2.05, 4.69) is 0 Å². The molecule has 0 fully saturated rings. The minimum atomic E-state index is -0.565. The Bertz CT molecular complexity index is 570. The molecule has 2 rings (SSSR count). The molecule has 0 spiro atoms. The maximum absolute atomic E-state index is 11.9. The lowest BCUT2D eigenvalue weighted by Gasteiger charge is -2.16. The van der Waals surface area contributed by atoms with Crippen LogP contribution in [0.3, 0.4) is 0 Å². The summed E-state index contributed by atoms with van der Waals surface area (Å²) in [6, 6.07) is 0. The molecule has 1 aromatic heterocycles. The Morgan fingerprint density at radius 1 is 1.41 bits per heavy atom. The highest BCUT2D eigenvalue weighted by Crippen LogP contribution is 2.18. The molecule has 0 bridgehead atoms. The van der Waals surface area contributed by atoms with Crippen molar-refractivity contribution in [3.63, 3.8) is 0 Å². The Morgan fingerprint density at radius 3 is 2.71 bits per heavy atom. The highest BCUT2D eigenvalue weighted by Gasteiger charge is 2.21. The Kier molecular flexibility index (Phi) is 2.99. The van der Waals surface area contributed by atoms with Gasteiger partial charge >= 0.3 is 5.69 Å². The molecule has 1 unspecified atom stereocenters. The van der Waals surface area contributed by atoms with Crippen LogP contribution in [-0.4, -0.2) is 27.0 Å². The smallest absolute Gasteiger partial charge is 0.333 e. The van der Waals surface area contributed by atoms with E-state index in [-0.39, 0.29) is 12.2 Å². The average Bonchev–Trinajstić information content (AvgIpc) is 2.79. The molecule has 2 atom stereocenters. The number of aliphatic hydroxyl groups excluding tert-OH is 1. The van der Waals surface area contributed by atoms with Crippen molar-refractivity contribution in [2.75, 3.05) is 6.61 Å². The van der Waals surface area contributed by atoms with E-state index >= 15 is 0 Å². The fourth-order valence-electron chi connectivity index (χ4n) is 1.78. The molecule has 0 saturated heterocycles. The summed E-state index contributed by atoms with van der Waals surface area (Å²) in [5.41, 5.74) is -0.280. The normalized spacial score (nSPS) is 23.2. The molecule has 0 aromatic carbocycles. The molecule has 1 aromatic rings. The Morgan fingerprint density at radius 2 is 2.12 bits per heavy atom. The molecule has 1 aliphatic rings. The zero-order chi connectivity index (χ0) is 12.6. The maximum Gasteiger partial charge on any atom is 0.333 e. The van der Waals surface area contributed by atoms with Gasteiger partial charge in [0, 0.05) is 18.8 Å². The van der Waals surface area contributed by atoms with Gasteiger partial charge in [-0.15, -0.1) is 0 Å². The van der Waals surface area contributed by atoms with Crippen molar-refractivity contribution >= 4 is 0 Å². The molecule has 6 nitrogen and oxygen atoms in total. The van der Waals surface area contributed by atoms with Crippen LogP contribution in [0.4, 0.5) is 0 Å². The highest BCUT2D eigenvalue weighted by atomic mass is 16.5. The molecule has 0 aliphatic carbocycles. The van der Waals surface area contributed by atoms with Crippen molar-refractivity contribution in [1.29, 1.82) is 0 Å². The number of aromatic nitrogens is 2. The summed E-state index contributed by atoms with van der Waals surface area (Å²) in [5, 5.41) is 8.93. The van der Waals surface area contributed by atoms with Gasteiger partial charge in [0.1, 0.15) is 6.10 Å². The molecule has 0 radical (unpaired) electrons. The van der Waals surface area contributed by atoms with Gasteiger partial charge in [0.25, 0.3) is 5.56 Å². The summed E-state index contributed by atoms with van der Waals surface area (Å²) < 4.78 is 7.79. The van der Waals surface area contributed by atoms with E-state index in [0.717, 1.165) is 4.57 Å². The largest absolute Gasteiger partial charge is 0.393 e. The number of aryl methyl sites for hydroxylation is 1. The molecule has 1 N–H and O–H groups in total. The van der Waals surface area contributed by atoms with E-state index < -0.39 is 18.0 Å². The third kappa shape index (κ3) is 1.96. The predicted octanol–water partition coefficient (Wildman–Crippen LogP) is -0.699. The molecule has 0 amide bonds. The van der Waals surface area contributed by atoms with Gasteiger partial charge in [0.2, 0.25) is 0 Å². The highest BCUT2D eigenvalue weighted by molar-refractivity contribution is 5.07. The second kappa shape index (κ2) is 4.31. The number of ether oxygens (including phenoxy) is 1. The van der Waals surface area contributed by atoms with Gasteiger partial charge in [-0.25, -0.2) is 4.79 Å². The lowest BCUT2D eigenvalue weighted by Crippen LogP contribution is -2.40. The molecule has 1 aliphatic heterocycles. The quantitative estimate of drug-likeness (QED) is 0.691. The summed E-state index contributed by atoms with van der Waals surface area (Å²) in [6.07, 6.45) is 3.89. The third-order valence-electron chi connectivity index (χ3n) is 2.74. The molecule has 17 heavy (non-hydrogen) atoms. The van der Waals surface area contributed by atoms with Crippen LogP contribution in [0.25, 0.3) is 0 Å². The molecule has 0 saturated carbocycles. The maximum atomic E-state index is 11.9. The molecular weight excluding hydrogens is 224 g/mol. The van der Waals surface area contributed by atoms with E-state index in [1.165, 1.54) is 17.8 Å². The molecule has 6 heteroatoms. The van der Waals surface area contributed by atoms with Crippen LogP contribution in [0.2, 0.25) is 0 Å². The first-order valence-electron chi connectivity index (χ1n) is 5.28. The standard InChI is InChI=1S/C11H14N2O4/c1-7-5-13(11(16)12(2)10(7)15)9-4-3-8(6-14)17-9/h3-5,8-9,14H,6H2,1-2H3/t8?,9-/m1/s1. The minimum Gasteiger partial charge on any atom is -0.393 e. The number of rotatable bonds is 2. The van der Waals surface area contributed by atoms with Gasteiger partial charge in [0.05, 0.1) is 6.61 Å². The Labute approximate surface area is 97.4 Å². The minimum absolute atomic E-state index is 0.132. The van der Waals surface area contributed by atoms with Gasteiger partial charge < -0.3 is 9.84 Å². The first-order valence-corrected chi connectivity index (χ1v) is 5.28. The van der Waals surface area contributed by atoms with E-state index in [4.69, 9.17) is 9.84 Å². The van der Waals surface area contributed by atoms with Crippen LogP contribution in [0, 0.1) is 6.92 Å². The number of hydrogen-bond donors (Lipinski definition) is 1. The van der Waals surface area contributed by atoms with Crippen LogP contribution in [0.5, 0.6) is 0 Å². The lowest BCUT2D eigenvalue weighted by atomic mass is 10.3. The number of hydrogen-bond acceptors (Lipinski definition) is 4. The van der Waals surface area contributed by atoms with Crippen molar-refractivity contribution in [2.45, 2.75) is 19.3 Å². The number of nitrogens with zero attached hydrogens (tertiary/aromatic N) is 2. The predicted molar refractivity (Wildman–Crippen MR) is 60.8 cm³/mol. The Balaban J connectivity index is 2.45. The number of aliphatic hydroxyl groups is 1. The van der Waals surface area contributed by atoms with Gasteiger partial charge in [-0.2, -0.15) is 0 Å². The average molecular weight is 238 g/mol. The fourth-order valence-corrected chi connectivity index (χ4v) is 1.78. The fraction of sp³-hybridized carbons (Fsp3) is 0.455. The van der Waals surface area contributed by atoms with Crippen LogP contribution in [0.1, 0.15) is 11.8 Å². The van der Waals surface area contributed by atoms with E-state index in [1.807, 2.05) is 0 Å². The van der Waals surface area contributed by atoms with Gasteiger partial charge in [-0.05, 0) is 13.0 Å².